The molecule has 4 aromatic heterocycles. The lowest BCUT2D eigenvalue weighted by molar-refractivity contribution is -0.0530. The summed E-state index contributed by atoms with van der Waals surface area (Å²) >= 11 is 0. The molecule has 1 N–H and O–H groups in total. The molecule has 0 aliphatic carbocycles. The van der Waals surface area contributed by atoms with E-state index in [2.05, 4.69) is 53.2 Å². The predicted octanol–water partition coefficient (Wildman–Crippen LogP) is 3.81. The zero-order chi connectivity index (χ0) is 23.4. The van der Waals surface area contributed by atoms with Gasteiger partial charge in [0.1, 0.15) is 17.1 Å². The third kappa shape index (κ3) is 3.54. The van der Waals surface area contributed by atoms with Gasteiger partial charge in [0, 0.05) is 49.6 Å². The smallest absolute Gasteiger partial charge is 0.166 e. The monoisotopic (exact) mass is 461 g/mol. The van der Waals surface area contributed by atoms with Crippen LogP contribution in [-0.2, 0) is 21.6 Å². The molecule has 0 spiro atoms. The molecule has 1 atom stereocenters. The van der Waals surface area contributed by atoms with E-state index in [0.29, 0.717) is 18.3 Å². The van der Waals surface area contributed by atoms with Crippen LogP contribution in [0.4, 0.5) is 5.82 Å². The van der Waals surface area contributed by atoms with Gasteiger partial charge in [-0.3, -0.25) is 0 Å². The molecule has 2 aliphatic rings. The van der Waals surface area contributed by atoms with Crippen molar-refractivity contribution >= 4 is 28.0 Å². The van der Waals surface area contributed by atoms with Gasteiger partial charge < -0.3 is 23.9 Å². The number of hydrogen-bond donors (Lipinski definition) is 1. The summed E-state index contributed by atoms with van der Waals surface area (Å²) in [4.78, 5) is 25.5. The van der Waals surface area contributed by atoms with Crippen molar-refractivity contribution in [3.63, 3.8) is 0 Å². The number of nitrogens with zero attached hydrogens (tertiary/aromatic N) is 6. The molecule has 0 amide bonds. The summed E-state index contributed by atoms with van der Waals surface area (Å²) in [5.41, 5.74) is 4.17. The van der Waals surface area contributed by atoms with E-state index >= 15 is 0 Å². The van der Waals surface area contributed by atoms with Crippen LogP contribution in [0.5, 0.6) is 0 Å². The molecule has 1 fully saturated rings. The van der Waals surface area contributed by atoms with Gasteiger partial charge in [0.25, 0.3) is 0 Å². The summed E-state index contributed by atoms with van der Waals surface area (Å²) in [6.07, 6.45) is 4.79. The van der Waals surface area contributed by atoms with E-state index in [0.717, 1.165) is 84.2 Å². The molecule has 1 saturated heterocycles. The van der Waals surface area contributed by atoms with Gasteiger partial charge in [-0.15, -0.1) is 0 Å². The zero-order valence-corrected chi connectivity index (χ0v) is 20.3. The van der Waals surface area contributed by atoms with Crippen molar-refractivity contribution in [2.24, 2.45) is 5.92 Å². The highest BCUT2D eigenvalue weighted by Gasteiger charge is 2.34. The SMILES string of the molecule is Cc1c[nH]c2ncc(-c3nc(N4CCCOCC(C)C4)c4nc5n(c4n3)CCOC5(C)C)cc12. The summed E-state index contributed by atoms with van der Waals surface area (Å²) in [7, 11) is 0. The topological polar surface area (TPSA) is 94.0 Å². The molecule has 6 heterocycles. The number of aromatic nitrogens is 6. The average Bonchev–Trinajstić information content (AvgIpc) is 3.37. The number of aromatic amines is 1. The van der Waals surface area contributed by atoms with Crippen molar-refractivity contribution < 1.29 is 9.47 Å². The summed E-state index contributed by atoms with van der Waals surface area (Å²) in [5, 5.41) is 1.09. The fraction of sp³-hybridized carbons (Fsp3) is 0.520. The van der Waals surface area contributed by atoms with Crippen LogP contribution in [0.15, 0.2) is 18.5 Å². The maximum atomic E-state index is 6.05. The second-order valence-electron chi connectivity index (χ2n) is 10.1. The molecule has 4 aromatic rings. The first-order chi connectivity index (χ1) is 16.4. The third-order valence-electron chi connectivity index (χ3n) is 6.84. The van der Waals surface area contributed by atoms with E-state index < -0.39 is 5.60 Å². The first-order valence-corrected chi connectivity index (χ1v) is 12.1. The standard InChI is InChI=1S/C25H31N7O2/c1-15-13-31(6-5-8-33-14-15)22-19-23(32-7-9-34-25(3,4)24(32)28-19)30-20(29-22)17-10-18-16(2)11-26-21(18)27-12-17/h10-12,15H,5-9,13-14H2,1-4H3,(H,26,27). The molecule has 2 aliphatic heterocycles. The number of ether oxygens (including phenoxy) is 2. The van der Waals surface area contributed by atoms with Crippen molar-refractivity contribution in [3.8, 4) is 11.4 Å². The number of H-pyrrole nitrogens is 1. The van der Waals surface area contributed by atoms with Crippen LogP contribution < -0.4 is 4.90 Å². The average molecular weight is 462 g/mol. The van der Waals surface area contributed by atoms with Crippen LogP contribution in [0.3, 0.4) is 0 Å². The maximum absolute atomic E-state index is 6.05. The Bertz CT molecular complexity index is 1370. The van der Waals surface area contributed by atoms with Gasteiger partial charge in [0.05, 0.1) is 13.2 Å². The van der Waals surface area contributed by atoms with E-state index in [1.807, 2.05) is 12.4 Å². The summed E-state index contributed by atoms with van der Waals surface area (Å²) in [5.74, 6) is 2.86. The Hall–Kier alpha value is -3.04. The van der Waals surface area contributed by atoms with Gasteiger partial charge >= 0.3 is 0 Å². The molecule has 9 nitrogen and oxygen atoms in total. The van der Waals surface area contributed by atoms with Gasteiger partial charge in [0.15, 0.2) is 22.8 Å². The van der Waals surface area contributed by atoms with E-state index in [1.54, 1.807) is 0 Å². The first kappa shape index (κ1) is 21.5. The Morgan fingerprint density at radius 2 is 2.03 bits per heavy atom. The lowest BCUT2D eigenvalue weighted by Crippen LogP contribution is -2.35. The number of fused-ring (bicyclic) bond motifs is 4. The molecule has 0 saturated carbocycles. The largest absolute Gasteiger partial charge is 0.381 e. The minimum atomic E-state index is -0.476. The van der Waals surface area contributed by atoms with Crippen molar-refractivity contribution in [3.05, 3.63) is 29.8 Å². The highest BCUT2D eigenvalue weighted by atomic mass is 16.5. The minimum absolute atomic E-state index is 0.395. The maximum Gasteiger partial charge on any atom is 0.166 e. The summed E-state index contributed by atoms with van der Waals surface area (Å²) in [6, 6.07) is 2.13. The van der Waals surface area contributed by atoms with Crippen molar-refractivity contribution in [1.82, 2.24) is 29.5 Å². The van der Waals surface area contributed by atoms with Crippen LogP contribution in [0.25, 0.3) is 33.6 Å². The second-order valence-corrected chi connectivity index (χ2v) is 10.1. The Morgan fingerprint density at radius 1 is 1.15 bits per heavy atom. The van der Waals surface area contributed by atoms with Crippen LogP contribution in [0, 0.1) is 12.8 Å². The normalized spacial score (nSPS) is 20.9. The third-order valence-corrected chi connectivity index (χ3v) is 6.84. The molecule has 9 heteroatoms. The molecule has 0 radical (unpaired) electrons. The highest BCUT2D eigenvalue weighted by molar-refractivity contribution is 5.88. The molecule has 1 unspecified atom stereocenters. The fourth-order valence-corrected chi connectivity index (χ4v) is 5.08. The lowest BCUT2D eigenvalue weighted by Gasteiger charge is -2.30. The molecule has 0 bridgehead atoms. The lowest BCUT2D eigenvalue weighted by atomic mass is 10.1. The molecular weight excluding hydrogens is 430 g/mol. The molecule has 178 valence electrons. The van der Waals surface area contributed by atoms with Gasteiger partial charge in [-0.1, -0.05) is 6.92 Å². The number of rotatable bonds is 2. The van der Waals surface area contributed by atoms with E-state index in [1.165, 1.54) is 0 Å². The molecule has 0 aromatic carbocycles. The second kappa shape index (κ2) is 8.02. The Balaban J connectivity index is 1.57. The Morgan fingerprint density at radius 3 is 2.91 bits per heavy atom. The fourth-order valence-electron chi connectivity index (χ4n) is 5.08. The quantitative estimate of drug-likeness (QED) is 0.485. The number of hydrogen-bond acceptors (Lipinski definition) is 7. The van der Waals surface area contributed by atoms with Crippen molar-refractivity contribution in [2.75, 3.05) is 37.8 Å². The number of nitrogens with one attached hydrogen (secondary N) is 1. The first-order valence-electron chi connectivity index (χ1n) is 12.1. The van der Waals surface area contributed by atoms with Crippen LogP contribution in [-0.4, -0.2) is 62.4 Å². The van der Waals surface area contributed by atoms with Gasteiger partial charge in [-0.05, 0) is 44.7 Å². The zero-order valence-electron chi connectivity index (χ0n) is 20.3. The van der Waals surface area contributed by atoms with Gasteiger partial charge in [-0.25, -0.2) is 19.9 Å². The van der Waals surface area contributed by atoms with Gasteiger partial charge in [-0.2, -0.15) is 0 Å². The predicted molar refractivity (Wildman–Crippen MR) is 131 cm³/mol. The van der Waals surface area contributed by atoms with Crippen molar-refractivity contribution in [2.45, 2.75) is 46.3 Å². The molecule has 6 rings (SSSR count). The Kier molecular flexibility index (Phi) is 5.07. The number of imidazole rings is 1. The van der Waals surface area contributed by atoms with E-state index in [9.17, 15) is 0 Å². The Labute approximate surface area is 198 Å². The summed E-state index contributed by atoms with van der Waals surface area (Å²) in [6.45, 7) is 13.0. The number of pyridine rings is 1. The number of anilines is 1. The van der Waals surface area contributed by atoms with Crippen LogP contribution >= 0.6 is 0 Å². The summed E-state index contributed by atoms with van der Waals surface area (Å²) < 4.78 is 14.0. The van der Waals surface area contributed by atoms with Gasteiger partial charge in [0.2, 0.25) is 0 Å². The molecule has 34 heavy (non-hydrogen) atoms. The van der Waals surface area contributed by atoms with E-state index in [4.69, 9.17) is 24.4 Å². The van der Waals surface area contributed by atoms with Crippen molar-refractivity contribution in [1.29, 1.82) is 0 Å². The number of aryl methyl sites for hydroxylation is 1. The van der Waals surface area contributed by atoms with Crippen LogP contribution in [0.1, 0.15) is 38.6 Å². The minimum Gasteiger partial charge on any atom is -0.381 e. The van der Waals surface area contributed by atoms with Crippen LogP contribution in [0.2, 0.25) is 0 Å². The van der Waals surface area contributed by atoms with E-state index in [-0.39, 0.29) is 0 Å². The highest BCUT2D eigenvalue weighted by Crippen LogP contribution is 2.35. The molecular formula is C25H31N7O2.